The second-order valence-corrected chi connectivity index (χ2v) is 8.70. The molecule has 2 amide bonds. The molecule has 6 nitrogen and oxygen atoms in total. The summed E-state index contributed by atoms with van der Waals surface area (Å²) in [7, 11) is 0. The average Bonchev–Trinajstić information content (AvgIpc) is 2.69. The molecule has 2 fully saturated rings. The number of carbonyl (C=O) groups excluding carboxylic acids is 2. The molecule has 2 aliphatic rings. The van der Waals surface area contributed by atoms with Crippen molar-refractivity contribution < 1.29 is 14.0 Å². The van der Waals surface area contributed by atoms with Crippen LogP contribution < -0.4 is 5.32 Å². The molecule has 29 heavy (non-hydrogen) atoms. The van der Waals surface area contributed by atoms with Gasteiger partial charge < -0.3 is 10.2 Å². The van der Waals surface area contributed by atoms with E-state index < -0.39 is 5.82 Å². The van der Waals surface area contributed by atoms with Crippen LogP contribution in [0.2, 0.25) is 0 Å². The summed E-state index contributed by atoms with van der Waals surface area (Å²) in [6.45, 7) is 11.4. The van der Waals surface area contributed by atoms with Gasteiger partial charge in [-0.15, -0.1) is 0 Å². The number of nitrogens with one attached hydrogen (secondary N) is 1. The van der Waals surface area contributed by atoms with E-state index in [2.05, 4.69) is 29.0 Å². The number of hydrogen-bond acceptors (Lipinski definition) is 4. The lowest BCUT2D eigenvalue weighted by atomic mass is 9.92. The van der Waals surface area contributed by atoms with E-state index in [0.29, 0.717) is 31.5 Å². The number of halogens is 1. The minimum atomic E-state index is -0.433. The average molecular weight is 405 g/mol. The van der Waals surface area contributed by atoms with Crippen molar-refractivity contribution in [2.75, 3.05) is 51.1 Å². The zero-order chi connectivity index (χ0) is 21.0. The minimum Gasteiger partial charge on any atom is -0.341 e. The Morgan fingerprint density at radius 3 is 2.34 bits per heavy atom. The number of nitrogens with zero attached hydrogens (tertiary/aromatic N) is 3. The number of benzene rings is 1. The number of piperidine rings is 1. The van der Waals surface area contributed by atoms with Gasteiger partial charge in [0, 0.05) is 39.3 Å². The zero-order valence-electron chi connectivity index (χ0n) is 17.7. The molecule has 1 N–H and O–H groups in total. The number of rotatable bonds is 5. The molecular weight excluding hydrogens is 371 g/mol. The molecule has 1 aromatic carbocycles. The first-order valence-electron chi connectivity index (χ1n) is 10.6. The van der Waals surface area contributed by atoms with Gasteiger partial charge in [-0.2, -0.15) is 0 Å². The molecule has 160 valence electrons. The monoisotopic (exact) mass is 404 g/mol. The highest BCUT2D eigenvalue weighted by atomic mass is 19.1. The van der Waals surface area contributed by atoms with Gasteiger partial charge in [-0.05, 0) is 37.3 Å². The van der Waals surface area contributed by atoms with Crippen LogP contribution in [-0.2, 0) is 9.59 Å². The Morgan fingerprint density at radius 1 is 1.10 bits per heavy atom. The standard InChI is InChI=1S/C22H33FN4O2/c1-16-12-17(2)14-27(13-16)21(28)15-25-8-10-26(11-9-25)18(3)22(29)24-20-7-5-4-6-19(20)23/h4-7,16-18H,8-15H2,1-3H3,(H,24,29)/t16-,17-,18-/m1/s1. The summed E-state index contributed by atoms with van der Waals surface area (Å²) in [6, 6.07) is 5.84. The van der Waals surface area contributed by atoms with Crippen LogP contribution in [0.5, 0.6) is 0 Å². The fourth-order valence-corrected chi connectivity index (χ4v) is 4.43. The molecule has 7 heteroatoms. The number of likely N-dealkylation sites (tertiary alicyclic amines) is 1. The fourth-order valence-electron chi connectivity index (χ4n) is 4.43. The van der Waals surface area contributed by atoms with E-state index >= 15 is 0 Å². The molecule has 0 radical (unpaired) electrons. The molecule has 0 aliphatic carbocycles. The first-order chi connectivity index (χ1) is 13.8. The van der Waals surface area contributed by atoms with Crippen molar-refractivity contribution in [3.05, 3.63) is 30.1 Å². The van der Waals surface area contributed by atoms with Crippen LogP contribution in [0.15, 0.2) is 24.3 Å². The first kappa shape index (κ1) is 21.7. The summed E-state index contributed by atoms with van der Waals surface area (Å²) < 4.78 is 13.8. The number of anilines is 1. The van der Waals surface area contributed by atoms with Crippen LogP contribution in [0.25, 0.3) is 0 Å². The number of carbonyl (C=O) groups is 2. The molecule has 0 unspecified atom stereocenters. The van der Waals surface area contributed by atoms with Crippen molar-refractivity contribution in [2.24, 2.45) is 11.8 Å². The van der Waals surface area contributed by atoms with Crippen LogP contribution in [0, 0.1) is 17.7 Å². The largest absolute Gasteiger partial charge is 0.341 e. The van der Waals surface area contributed by atoms with Crippen molar-refractivity contribution in [1.82, 2.24) is 14.7 Å². The van der Waals surface area contributed by atoms with Gasteiger partial charge in [0.1, 0.15) is 5.82 Å². The fraction of sp³-hybridized carbons (Fsp3) is 0.636. The van der Waals surface area contributed by atoms with Crippen LogP contribution >= 0.6 is 0 Å². The van der Waals surface area contributed by atoms with Gasteiger partial charge in [0.2, 0.25) is 11.8 Å². The van der Waals surface area contributed by atoms with Crippen molar-refractivity contribution in [3.63, 3.8) is 0 Å². The highest BCUT2D eigenvalue weighted by Gasteiger charge is 2.29. The molecule has 0 aromatic heterocycles. The Morgan fingerprint density at radius 2 is 1.72 bits per heavy atom. The minimum absolute atomic E-state index is 0.207. The van der Waals surface area contributed by atoms with Gasteiger partial charge >= 0.3 is 0 Å². The van der Waals surface area contributed by atoms with E-state index in [4.69, 9.17) is 0 Å². The van der Waals surface area contributed by atoms with E-state index in [1.54, 1.807) is 18.2 Å². The highest BCUT2D eigenvalue weighted by molar-refractivity contribution is 5.94. The number of amides is 2. The number of para-hydroxylation sites is 1. The van der Waals surface area contributed by atoms with Crippen LogP contribution in [0.3, 0.4) is 0 Å². The molecule has 2 heterocycles. The first-order valence-corrected chi connectivity index (χ1v) is 10.6. The van der Waals surface area contributed by atoms with Crippen LogP contribution in [-0.4, -0.2) is 78.4 Å². The highest BCUT2D eigenvalue weighted by Crippen LogP contribution is 2.21. The van der Waals surface area contributed by atoms with E-state index in [-0.39, 0.29) is 23.5 Å². The second-order valence-electron chi connectivity index (χ2n) is 8.70. The predicted molar refractivity (Wildman–Crippen MR) is 112 cm³/mol. The molecule has 0 spiro atoms. The third-order valence-corrected chi connectivity index (χ3v) is 6.05. The maximum atomic E-state index is 13.8. The van der Waals surface area contributed by atoms with E-state index in [0.717, 1.165) is 26.2 Å². The third-order valence-electron chi connectivity index (χ3n) is 6.05. The lowest BCUT2D eigenvalue weighted by Gasteiger charge is -2.39. The molecule has 0 saturated carbocycles. The predicted octanol–water partition coefficient (Wildman–Crippen LogP) is 2.27. The van der Waals surface area contributed by atoms with Gasteiger partial charge in [0.25, 0.3) is 0 Å². The SMILES string of the molecule is C[C@@H]1C[C@@H](C)CN(C(=O)CN2CCN([C@H](C)C(=O)Nc3ccccc3F)CC2)C1. The third kappa shape index (κ3) is 5.76. The maximum absolute atomic E-state index is 13.8. The van der Waals surface area contributed by atoms with Crippen LogP contribution in [0.4, 0.5) is 10.1 Å². The summed E-state index contributed by atoms with van der Waals surface area (Å²) in [6.07, 6.45) is 1.19. The molecule has 0 bridgehead atoms. The van der Waals surface area contributed by atoms with Gasteiger partial charge in [-0.25, -0.2) is 4.39 Å². The lowest BCUT2D eigenvalue weighted by Crippen LogP contribution is -2.55. The Labute approximate surface area is 173 Å². The second kappa shape index (κ2) is 9.67. The Balaban J connectivity index is 1.45. The van der Waals surface area contributed by atoms with E-state index in [9.17, 15) is 14.0 Å². The van der Waals surface area contributed by atoms with E-state index in [1.165, 1.54) is 12.5 Å². The van der Waals surface area contributed by atoms with Crippen molar-refractivity contribution >= 4 is 17.5 Å². The zero-order valence-corrected chi connectivity index (χ0v) is 17.7. The normalized spacial score (nSPS) is 24.9. The molecule has 2 saturated heterocycles. The number of hydrogen-bond donors (Lipinski definition) is 1. The molecule has 3 atom stereocenters. The van der Waals surface area contributed by atoms with Crippen LogP contribution in [0.1, 0.15) is 27.2 Å². The Kier molecular flexibility index (Phi) is 7.24. The molecule has 2 aliphatic heterocycles. The summed E-state index contributed by atoms with van der Waals surface area (Å²) in [4.78, 5) is 31.5. The van der Waals surface area contributed by atoms with Gasteiger partial charge in [0.15, 0.2) is 0 Å². The van der Waals surface area contributed by atoms with Crippen molar-refractivity contribution in [1.29, 1.82) is 0 Å². The topological polar surface area (TPSA) is 55.9 Å². The lowest BCUT2D eigenvalue weighted by molar-refractivity contribution is -0.136. The summed E-state index contributed by atoms with van der Waals surface area (Å²) in [5.41, 5.74) is 0.207. The quantitative estimate of drug-likeness (QED) is 0.818. The van der Waals surface area contributed by atoms with Crippen molar-refractivity contribution in [3.8, 4) is 0 Å². The van der Waals surface area contributed by atoms with E-state index in [1.807, 2.05) is 11.8 Å². The Hall–Kier alpha value is -1.99. The molecular formula is C22H33FN4O2. The summed E-state index contributed by atoms with van der Waals surface area (Å²) >= 11 is 0. The maximum Gasteiger partial charge on any atom is 0.241 e. The molecule has 3 rings (SSSR count). The smallest absolute Gasteiger partial charge is 0.241 e. The summed E-state index contributed by atoms with van der Waals surface area (Å²) in [5.74, 6) is 0.692. The van der Waals surface area contributed by atoms with Gasteiger partial charge in [-0.1, -0.05) is 26.0 Å². The Bertz CT molecular complexity index is 711. The van der Waals surface area contributed by atoms with Gasteiger partial charge in [0.05, 0.1) is 18.3 Å². The number of piperazine rings is 1. The molecule has 1 aromatic rings. The van der Waals surface area contributed by atoms with Gasteiger partial charge in [-0.3, -0.25) is 19.4 Å². The van der Waals surface area contributed by atoms with Crippen molar-refractivity contribution in [2.45, 2.75) is 33.2 Å². The summed E-state index contributed by atoms with van der Waals surface area (Å²) in [5, 5.41) is 2.67.